The molecular weight excluding hydrogens is 259 g/mol. The molecule has 0 amide bonds. The van der Waals surface area contributed by atoms with Gasteiger partial charge < -0.3 is 16.2 Å². The van der Waals surface area contributed by atoms with Gasteiger partial charge in [0, 0.05) is 11.8 Å². The minimum absolute atomic E-state index is 0.263. The summed E-state index contributed by atoms with van der Waals surface area (Å²) in [7, 11) is 0. The molecular formula is C12H10F3N3O. The van der Waals surface area contributed by atoms with Gasteiger partial charge in [0.1, 0.15) is 5.75 Å². The van der Waals surface area contributed by atoms with Gasteiger partial charge in [0.25, 0.3) is 0 Å². The number of hydrogen-bond donors (Lipinski definition) is 2. The third-order valence-electron chi connectivity index (χ3n) is 2.40. The minimum atomic E-state index is -4.74. The molecule has 1 aromatic carbocycles. The zero-order chi connectivity index (χ0) is 14.0. The van der Waals surface area contributed by atoms with E-state index in [9.17, 15) is 13.2 Å². The number of nitrogens with two attached hydrogens (primary N) is 2. The van der Waals surface area contributed by atoms with Crippen LogP contribution in [-0.4, -0.2) is 11.3 Å². The number of benzene rings is 1. The largest absolute Gasteiger partial charge is 0.573 e. The number of aromatic nitrogens is 1. The van der Waals surface area contributed by atoms with Crippen molar-refractivity contribution in [3.63, 3.8) is 0 Å². The molecule has 0 radical (unpaired) electrons. The lowest BCUT2D eigenvalue weighted by atomic mass is 10.1. The third-order valence-corrected chi connectivity index (χ3v) is 2.40. The molecule has 0 unspecified atom stereocenters. The fourth-order valence-electron chi connectivity index (χ4n) is 1.58. The molecule has 2 aromatic rings. The van der Waals surface area contributed by atoms with E-state index >= 15 is 0 Å². The Bertz CT molecular complexity index is 599. The highest BCUT2D eigenvalue weighted by molar-refractivity contribution is 5.83. The van der Waals surface area contributed by atoms with Crippen molar-refractivity contribution < 1.29 is 17.9 Å². The van der Waals surface area contributed by atoms with Gasteiger partial charge in [-0.2, -0.15) is 0 Å². The molecule has 4 nitrogen and oxygen atoms in total. The van der Waals surface area contributed by atoms with E-state index in [2.05, 4.69) is 9.72 Å². The van der Waals surface area contributed by atoms with Crippen molar-refractivity contribution in [3.05, 3.63) is 36.7 Å². The van der Waals surface area contributed by atoms with E-state index in [1.807, 2.05) is 0 Å². The highest BCUT2D eigenvalue weighted by Crippen LogP contribution is 2.32. The van der Waals surface area contributed by atoms with Crippen LogP contribution in [0, 0.1) is 0 Å². The van der Waals surface area contributed by atoms with E-state index in [4.69, 9.17) is 11.5 Å². The minimum Gasteiger partial charge on any atom is -0.406 e. The fourth-order valence-corrected chi connectivity index (χ4v) is 1.58. The summed E-state index contributed by atoms with van der Waals surface area (Å²) in [6.07, 6.45) is -1.94. The molecule has 19 heavy (non-hydrogen) atoms. The zero-order valence-electron chi connectivity index (χ0n) is 9.61. The maximum absolute atomic E-state index is 12.1. The van der Waals surface area contributed by atoms with E-state index < -0.39 is 6.36 Å². The summed E-state index contributed by atoms with van der Waals surface area (Å²) in [5, 5.41) is 0. The van der Waals surface area contributed by atoms with Crippen molar-refractivity contribution in [2.24, 2.45) is 0 Å². The quantitative estimate of drug-likeness (QED) is 0.879. The van der Waals surface area contributed by atoms with Gasteiger partial charge in [0.15, 0.2) is 0 Å². The molecule has 0 saturated heterocycles. The highest BCUT2D eigenvalue weighted by Gasteiger charge is 2.31. The Labute approximate surface area is 106 Å². The maximum Gasteiger partial charge on any atom is 0.573 e. The Morgan fingerprint density at radius 1 is 1.11 bits per heavy atom. The van der Waals surface area contributed by atoms with Crippen LogP contribution < -0.4 is 16.2 Å². The molecule has 0 spiro atoms. The van der Waals surface area contributed by atoms with Gasteiger partial charge in [-0.15, -0.1) is 13.2 Å². The number of alkyl halides is 3. The van der Waals surface area contributed by atoms with E-state index in [1.165, 1.54) is 30.6 Å². The van der Waals surface area contributed by atoms with Crippen LogP contribution in [0.4, 0.5) is 24.5 Å². The Kier molecular flexibility index (Phi) is 3.20. The Morgan fingerprint density at radius 2 is 1.84 bits per heavy atom. The number of nitrogen functional groups attached to an aromatic ring is 2. The normalized spacial score (nSPS) is 11.3. The van der Waals surface area contributed by atoms with E-state index in [0.29, 0.717) is 11.1 Å². The topological polar surface area (TPSA) is 74.2 Å². The average Bonchev–Trinajstić information content (AvgIpc) is 2.31. The Hall–Kier alpha value is -2.44. The molecule has 0 aliphatic heterocycles. The first-order chi connectivity index (χ1) is 8.87. The predicted octanol–water partition coefficient (Wildman–Crippen LogP) is 2.81. The van der Waals surface area contributed by atoms with Gasteiger partial charge >= 0.3 is 6.36 Å². The van der Waals surface area contributed by atoms with Crippen LogP contribution >= 0.6 is 0 Å². The summed E-state index contributed by atoms with van der Waals surface area (Å²) in [5.41, 5.74) is 12.8. The fraction of sp³-hybridized carbons (Fsp3) is 0.0833. The second kappa shape index (κ2) is 4.68. The van der Waals surface area contributed by atoms with Crippen LogP contribution in [0.5, 0.6) is 5.75 Å². The molecule has 2 rings (SSSR count). The summed E-state index contributed by atoms with van der Waals surface area (Å²) < 4.78 is 40.3. The van der Waals surface area contributed by atoms with Crippen molar-refractivity contribution in [3.8, 4) is 16.9 Å². The van der Waals surface area contributed by atoms with E-state index in [-0.39, 0.29) is 17.1 Å². The summed E-state index contributed by atoms with van der Waals surface area (Å²) in [4.78, 5) is 3.86. The van der Waals surface area contributed by atoms with Gasteiger partial charge in [0.05, 0.1) is 17.6 Å². The maximum atomic E-state index is 12.1. The first-order valence-electron chi connectivity index (χ1n) is 5.22. The molecule has 0 aliphatic carbocycles. The molecule has 0 aliphatic rings. The zero-order valence-corrected chi connectivity index (χ0v) is 9.61. The van der Waals surface area contributed by atoms with Crippen LogP contribution in [0.1, 0.15) is 0 Å². The van der Waals surface area contributed by atoms with Gasteiger partial charge in [0.2, 0.25) is 0 Å². The predicted molar refractivity (Wildman–Crippen MR) is 65.2 cm³/mol. The van der Waals surface area contributed by atoms with Crippen molar-refractivity contribution in [1.82, 2.24) is 4.98 Å². The lowest BCUT2D eigenvalue weighted by Gasteiger charge is -2.11. The molecule has 0 saturated carbocycles. The third kappa shape index (κ3) is 3.06. The van der Waals surface area contributed by atoms with Gasteiger partial charge in [-0.3, -0.25) is 4.98 Å². The van der Waals surface area contributed by atoms with Crippen molar-refractivity contribution in [2.75, 3.05) is 11.5 Å². The number of nitrogens with zero attached hydrogens (tertiary/aromatic N) is 1. The molecule has 1 aromatic heterocycles. The summed E-state index contributed by atoms with van der Waals surface area (Å²) in [5.74, 6) is -0.327. The average molecular weight is 269 g/mol. The Balaban J connectivity index is 2.41. The van der Waals surface area contributed by atoms with Crippen LogP contribution in [-0.2, 0) is 0 Å². The van der Waals surface area contributed by atoms with Crippen molar-refractivity contribution in [2.45, 2.75) is 6.36 Å². The molecule has 7 heteroatoms. The molecule has 100 valence electrons. The van der Waals surface area contributed by atoms with Crippen LogP contribution in [0.15, 0.2) is 36.7 Å². The number of anilines is 2. The van der Waals surface area contributed by atoms with Gasteiger partial charge in [-0.05, 0) is 17.7 Å². The monoisotopic (exact) mass is 269 g/mol. The van der Waals surface area contributed by atoms with Crippen LogP contribution in [0.25, 0.3) is 11.1 Å². The number of halogens is 3. The summed E-state index contributed by atoms with van der Waals surface area (Å²) in [6, 6.07) is 5.45. The van der Waals surface area contributed by atoms with Crippen molar-refractivity contribution in [1.29, 1.82) is 0 Å². The van der Waals surface area contributed by atoms with E-state index in [1.54, 1.807) is 6.07 Å². The second-order valence-corrected chi connectivity index (χ2v) is 3.77. The van der Waals surface area contributed by atoms with Crippen molar-refractivity contribution >= 4 is 11.4 Å². The smallest absolute Gasteiger partial charge is 0.406 e. The molecule has 4 N–H and O–H groups in total. The number of rotatable bonds is 2. The second-order valence-electron chi connectivity index (χ2n) is 3.77. The van der Waals surface area contributed by atoms with Gasteiger partial charge in [-0.25, -0.2) is 0 Å². The molecule has 0 bridgehead atoms. The van der Waals surface area contributed by atoms with Crippen LogP contribution in [0.2, 0.25) is 0 Å². The standard InChI is InChI=1S/C12H10F3N3O/c13-12(14,15)19-8-3-1-2-7(4-8)9-5-18-6-10(16)11(9)17/h1-6H,16H2,(H2,17,18). The SMILES string of the molecule is Nc1cncc(-c2cccc(OC(F)(F)F)c2)c1N. The van der Waals surface area contributed by atoms with Crippen LogP contribution in [0.3, 0.4) is 0 Å². The molecule has 1 heterocycles. The molecule has 0 atom stereocenters. The first kappa shape index (κ1) is 13.0. The number of ether oxygens (including phenoxy) is 1. The van der Waals surface area contributed by atoms with E-state index in [0.717, 1.165) is 0 Å². The lowest BCUT2D eigenvalue weighted by molar-refractivity contribution is -0.274. The van der Waals surface area contributed by atoms with Gasteiger partial charge in [-0.1, -0.05) is 12.1 Å². The molecule has 0 fully saturated rings. The summed E-state index contributed by atoms with van der Waals surface area (Å²) in [6.45, 7) is 0. The first-order valence-corrected chi connectivity index (χ1v) is 5.22. The number of hydrogen-bond acceptors (Lipinski definition) is 4. The Morgan fingerprint density at radius 3 is 2.53 bits per heavy atom. The highest BCUT2D eigenvalue weighted by atomic mass is 19.4. The lowest BCUT2D eigenvalue weighted by Crippen LogP contribution is -2.17. The number of pyridine rings is 1. The summed E-state index contributed by atoms with van der Waals surface area (Å²) >= 11 is 0.